The van der Waals surface area contributed by atoms with Gasteiger partial charge in [0.05, 0.1) is 11.0 Å². The molecule has 1 heterocycles. The van der Waals surface area contributed by atoms with Crippen LogP contribution in [-0.2, 0) is 0 Å². The van der Waals surface area contributed by atoms with Crippen molar-refractivity contribution in [2.45, 2.75) is 6.92 Å². The number of rotatable bonds is 3. The van der Waals surface area contributed by atoms with Gasteiger partial charge in [-0.3, -0.25) is 4.79 Å². The second-order valence-corrected chi connectivity index (χ2v) is 5.90. The molecular weight excluding hydrogens is 294 g/mol. The second kappa shape index (κ2) is 5.82. The van der Waals surface area contributed by atoms with Crippen LogP contribution in [0, 0.1) is 0 Å². The van der Waals surface area contributed by atoms with Gasteiger partial charge in [0.25, 0.3) is 0 Å². The maximum absolute atomic E-state index is 11.4. The molecule has 0 radical (unpaired) electrons. The molecule has 1 aromatic heterocycles. The summed E-state index contributed by atoms with van der Waals surface area (Å²) in [6, 6.07) is 24.5. The van der Waals surface area contributed by atoms with Gasteiger partial charge in [-0.25, -0.2) is 0 Å². The van der Waals surface area contributed by atoms with Crippen LogP contribution in [0.15, 0.2) is 72.8 Å². The molecule has 0 aliphatic heterocycles. The van der Waals surface area contributed by atoms with Gasteiger partial charge in [-0.05, 0) is 30.7 Å². The zero-order valence-corrected chi connectivity index (χ0v) is 13.4. The number of nitrogens with zero attached hydrogens (tertiary/aromatic N) is 1. The molecule has 3 aromatic carbocycles. The summed E-state index contributed by atoms with van der Waals surface area (Å²) in [6.45, 7) is 1.59. The van der Waals surface area contributed by atoms with Crippen molar-refractivity contribution in [3.05, 3.63) is 83.9 Å². The number of benzene rings is 3. The Morgan fingerprint density at radius 2 is 1.33 bits per heavy atom. The number of carbonyl (C=O) groups excluding carboxylic acids is 1. The first-order valence-electron chi connectivity index (χ1n) is 8.01. The van der Waals surface area contributed by atoms with Crippen molar-refractivity contribution in [1.82, 2.24) is 4.57 Å². The SMILES string of the molecule is CC(=O)c1ccc(/C=C/n2c3ccccc3c3ccccc32)cc1. The highest BCUT2D eigenvalue weighted by Crippen LogP contribution is 2.29. The normalized spacial score (nSPS) is 11.5. The molecule has 0 aliphatic rings. The number of carbonyl (C=O) groups is 1. The highest BCUT2D eigenvalue weighted by atomic mass is 16.1. The molecule has 0 spiro atoms. The van der Waals surface area contributed by atoms with E-state index >= 15 is 0 Å². The van der Waals surface area contributed by atoms with Crippen LogP contribution in [0.4, 0.5) is 0 Å². The van der Waals surface area contributed by atoms with Crippen molar-refractivity contribution >= 4 is 39.9 Å². The lowest BCUT2D eigenvalue weighted by atomic mass is 10.1. The van der Waals surface area contributed by atoms with E-state index in [9.17, 15) is 4.79 Å². The lowest BCUT2D eigenvalue weighted by Gasteiger charge is -2.01. The maximum Gasteiger partial charge on any atom is 0.159 e. The number of para-hydroxylation sites is 2. The summed E-state index contributed by atoms with van der Waals surface area (Å²) in [5.41, 5.74) is 4.19. The van der Waals surface area contributed by atoms with Crippen molar-refractivity contribution in [2.75, 3.05) is 0 Å². The van der Waals surface area contributed by atoms with Gasteiger partial charge >= 0.3 is 0 Å². The third kappa shape index (κ3) is 2.42. The number of Topliss-reactive ketones (excluding diaryl/α,β-unsaturated/α-hetero) is 1. The van der Waals surface area contributed by atoms with Crippen molar-refractivity contribution < 1.29 is 4.79 Å². The van der Waals surface area contributed by atoms with Gasteiger partial charge in [-0.15, -0.1) is 0 Å². The van der Waals surface area contributed by atoms with E-state index in [0.717, 1.165) is 11.1 Å². The van der Waals surface area contributed by atoms with Crippen LogP contribution < -0.4 is 0 Å². The minimum absolute atomic E-state index is 0.0907. The Hall–Kier alpha value is -3.13. The number of hydrogen-bond acceptors (Lipinski definition) is 1. The van der Waals surface area contributed by atoms with Gasteiger partial charge in [0.1, 0.15) is 0 Å². The molecule has 2 heteroatoms. The highest BCUT2D eigenvalue weighted by Gasteiger charge is 2.07. The third-order valence-electron chi connectivity index (χ3n) is 4.35. The van der Waals surface area contributed by atoms with E-state index in [0.29, 0.717) is 0 Å². The summed E-state index contributed by atoms with van der Waals surface area (Å²) < 4.78 is 2.21. The molecule has 0 aliphatic carbocycles. The van der Waals surface area contributed by atoms with Crippen LogP contribution in [0.5, 0.6) is 0 Å². The monoisotopic (exact) mass is 311 g/mol. The number of ketones is 1. The van der Waals surface area contributed by atoms with Crippen LogP contribution >= 0.6 is 0 Å². The number of fused-ring (bicyclic) bond motifs is 3. The fraction of sp³-hybridized carbons (Fsp3) is 0.0455. The third-order valence-corrected chi connectivity index (χ3v) is 4.35. The quantitative estimate of drug-likeness (QED) is 0.450. The molecule has 0 saturated heterocycles. The average molecular weight is 311 g/mol. The Balaban J connectivity index is 1.82. The predicted octanol–water partition coefficient (Wildman–Crippen LogP) is 5.63. The summed E-state index contributed by atoms with van der Waals surface area (Å²) in [5, 5.41) is 2.51. The Kier molecular flexibility index (Phi) is 3.51. The first-order valence-corrected chi connectivity index (χ1v) is 8.01. The molecule has 24 heavy (non-hydrogen) atoms. The molecule has 0 saturated carbocycles. The second-order valence-electron chi connectivity index (χ2n) is 5.90. The minimum atomic E-state index is 0.0907. The molecule has 0 unspecified atom stereocenters. The van der Waals surface area contributed by atoms with Crippen LogP contribution in [0.3, 0.4) is 0 Å². The predicted molar refractivity (Wildman–Crippen MR) is 101 cm³/mol. The van der Waals surface area contributed by atoms with Gasteiger partial charge in [-0.2, -0.15) is 0 Å². The van der Waals surface area contributed by atoms with Crippen LogP contribution in [-0.4, -0.2) is 10.4 Å². The summed E-state index contributed by atoms with van der Waals surface area (Å²) in [6.07, 6.45) is 4.16. The smallest absolute Gasteiger partial charge is 0.159 e. The van der Waals surface area contributed by atoms with E-state index in [4.69, 9.17) is 0 Å². The van der Waals surface area contributed by atoms with Gasteiger partial charge < -0.3 is 4.57 Å². The van der Waals surface area contributed by atoms with E-state index in [-0.39, 0.29) is 5.78 Å². The molecular formula is C22H17NO. The lowest BCUT2D eigenvalue weighted by molar-refractivity contribution is 0.101. The molecule has 0 atom stereocenters. The topological polar surface area (TPSA) is 22.0 Å². The summed E-state index contributed by atoms with van der Waals surface area (Å²) >= 11 is 0. The minimum Gasteiger partial charge on any atom is -0.316 e. The largest absolute Gasteiger partial charge is 0.316 e. The Bertz CT molecular complexity index is 1010. The molecule has 4 aromatic rings. The van der Waals surface area contributed by atoms with E-state index in [1.54, 1.807) is 6.92 Å². The Morgan fingerprint density at radius 1 is 0.792 bits per heavy atom. The number of hydrogen-bond donors (Lipinski definition) is 0. The average Bonchev–Trinajstić information content (AvgIpc) is 2.94. The van der Waals surface area contributed by atoms with Gasteiger partial charge in [0, 0.05) is 22.5 Å². The fourth-order valence-electron chi connectivity index (χ4n) is 3.10. The summed E-state index contributed by atoms with van der Waals surface area (Å²) in [5.74, 6) is 0.0907. The van der Waals surface area contributed by atoms with Crippen molar-refractivity contribution in [3.63, 3.8) is 0 Å². The first kappa shape index (κ1) is 14.5. The lowest BCUT2D eigenvalue weighted by Crippen LogP contribution is -1.90. The van der Waals surface area contributed by atoms with Crippen LogP contribution in [0.1, 0.15) is 22.8 Å². The first-order chi connectivity index (χ1) is 11.7. The van der Waals surface area contributed by atoms with Gasteiger partial charge in [0.15, 0.2) is 5.78 Å². The Labute approximate surface area is 140 Å². The van der Waals surface area contributed by atoms with E-state index < -0.39 is 0 Å². The van der Waals surface area contributed by atoms with Gasteiger partial charge in [-0.1, -0.05) is 60.7 Å². The van der Waals surface area contributed by atoms with E-state index in [2.05, 4.69) is 65.4 Å². The molecule has 116 valence electrons. The maximum atomic E-state index is 11.4. The van der Waals surface area contributed by atoms with E-state index in [1.807, 2.05) is 24.3 Å². The van der Waals surface area contributed by atoms with Crippen molar-refractivity contribution in [2.24, 2.45) is 0 Å². The molecule has 2 nitrogen and oxygen atoms in total. The fourth-order valence-corrected chi connectivity index (χ4v) is 3.10. The number of aromatic nitrogens is 1. The zero-order chi connectivity index (χ0) is 16.5. The molecule has 0 amide bonds. The molecule has 4 rings (SSSR count). The van der Waals surface area contributed by atoms with Crippen LogP contribution in [0.2, 0.25) is 0 Å². The zero-order valence-electron chi connectivity index (χ0n) is 13.4. The summed E-state index contributed by atoms with van der Waals surface area (Å²) in [7, 11) is 0. The highest BCUT2D eigenvalue weighted by molar-refractivity contribution is 6.09. The standard InChI is InChI=1S/C22H17NO/c1-16(24)18-12-10-17(11-13-18)14-15-23-21-8-4-2-6-19(21)20-7-3-5-9-22(20)23/h2-15H,1H3/b15-14+. The van der Waals surface area contributed by atoms with Gasteiger partial charge in [0.2, 0.25) is 0 Å². The van der Waals surface area contributed by atoms with Crippen molar-refractivity contribution in [1.29, 1.82) is 0 Å². The molecule has 0 fully saturated rings. The Morgan fingerprint density at radius 3 is 1.88 bits per heavy atom. The van der Waals surface area contributed by atoms with Crippen molar-refractivity contribution in [3.8, 4) is 0 Å². The summed E-state index contributed by atoms with van der Waals surface area (Å²) in [4.78, 5) is 11.4. The van der Waals surface area contributed by atoms with E-state index in [1.165, 1.54) is 21.8 Å². The molecule has 0 N–H and O–H groups in total. The molecule has 0 bridgehead atoms. The van der Waals surface area contributed by atoms with Crippen LogP contribution in [0.25, 0.3) is 34.1 Å².